The van der Waals surface area contributed by atoms with Crippen molar-refractivity contribution in [2.24, 2.45) is 7.05 Å². The fourth-order valence-electron chi connectivity index (χ4n) is 3.14. The summed E-state index contributed by atoms with van der Waals surface area (Å²) in [4.78, 5) is 29.0. The van der Waals surface area contributed by atoms with Crippen molar-refractivity contribution >= 4 is 11.8 Å². The lowest BCUT2D eigenvalue weighted by Crippen LogP contribution is -2.32. The van der Waals surface area contributed by atoms with Gasteiger partial charge in [0, 0.05) is 38.0 Å². The van der Waals surface area contributed by atoms with Crippen molar-refractivity contribution in [3.63, 3.8) is 0 Å². The van der Waals surface area contributed by atoms with Gasteiger partial charge in [-0.05, 0) is 48.4 Å². The molecule has 0 aliphatic carbocycles. The van der Waals surface area contributed by atoms with Gasteiger partial charge in [0.1, 0.15) is 23.4 Å². The van der Waals surface area contributed by atoms with Crippen LogP contribution in [0.2, 0.25) is 0 Å². The molecule has 1 aromatic heterocycles. The number of nitrogens with one attached hydrogen (secondary N) is 2. The molecule has 0 saturated carbocycles. The van der Waals surface area contributed by atoms with Crippen LogP contribution < -0.4 is 15.4 Å². The SMILES string of the molecule is COc1ccc(C(NC(=O)CCCNC(=O)c2ccc(F)cc2)c2nccn2C)cc1. The zero-order valence-corrected chi connectivity index (χ0v) is 17.5. The monoisotopic (exact) mass is 424 g/mol. The Morgan fingerprint density at radius 1 is 1.13 bits per heavy atom. The second kappa shape index (κ2) is 10.4. The van der Waals surface area contributed by atoms with E-state index >= 15 is 0 Å². The molecule has 2 N–H and O–H groups in total. The average molecular weight is 424 g/mol. The quantitative estimate of drug-likeness (QED) is 0.517. The van der Waals surface area contributed by atoms with E-state index in [1.165, 1.54) is 24.3 Å². The molecule has 2 amide bonds. The Bertz CT molecular complexity index is 1020. The summed E-state index contributed by atoms with van der Waals surface area (Å²) >= 11 is 0. The standard InChI is InChI=1S/C23H25FN4O3/c1-28-15-14-25-22(28)21(16-7-11-19(31-2)12-8-16)27-20(29)4-3-13-26-23(30)17-5-9-18(24)10-6-17/h5-12,14-15,21H,3-4,13H2,1-2H3,(H,26,30)(H,27,29). The molecule has 0 fully saturated rings. The second-order valence-electron chi connectivity index (χ2n) is 7.04. The number of imidazole rings is 1. The third-order valence-corrected chi connectivity index (χ3v) is 4.84. The van der Waals surface area contributed by atoms with E-state index in [-0.39, 0.29) is 18.2 Å². The first-order valence-electron chi connectivity index (χ1n) is 9.92. The molecule has 1 heterocycles. The number of aromatic nitrogens is 2. The van der Waals surface area contributed by atoms with Crippen LogP contribution in [0.25, 0.3) is 0 Å². The van der Waals surface area contributed by atoms with Crippen LogP contribution in [0.3, 0.4) is 0 Å². The van der Waals surface area contributed by atoms with Crippen molar-refractivity contribution in [1.82, 2.24) is 20.2 Å². The molecule has 0 radical (unpaired) electrons. The molecule has 0 spiro atoms. The Morgan fingerprint density at radius 2 is 1.84 bits per heavy atom. The number of rotatable bonds is 9. The summed E-state index contributed by atoms with van der Waals surface area (Å²) in [6, 6.07) is 12.4. The maximum Gasteiger partial charge on any atom is 0.251 e. The maximum atomic E-state index is 12.9. The highest BCUT2D eigenvalue weighted by atomic mass is 19.1. The number of carbonyl (C=O) groups is 2. The molecule has 0 aliphatic heterocycles. The third-order valence-electron chi connectivity index (χ3n) is 4.84. The van der Waals surface area contributed by atoms with Crippen LogP contribution in [-0.2, 0) is 11.8 Å². The molecule has 3 rings (SSSR count). The number of aryl methyl sites for hydroxylation is 1. The van der Waals surface area contributed by atoms with Crippen molar-refractivity contribution in [3.05, 3.63) is 83.7 Å². The molecular formula is C23H25FN4O3. The number of halogens is 1. The highest BCUT2D eigenvalue weighted by molar-refractivity contribution is 5.94. The van der Waals surface area contributed by atoms with Gasteiger partial charge >= 0.3 is 0 Å². The summed E-state index contributed by atoms with van der Waals surface area (Å²) in [5.74, 6) is 0.588. The number of hydrogen-bond donors (Lipinski definition) is 2. The lowest BCUT2D eigenvalue weighted by atomic mass is 10.1. The third kappa shape index (κ3) is 5.91. The van der Waals surface area contributed by atoms with Crippen LogP contribution in [0.5, 0.6) is 5.75 Å². The van der Waals surface area contributed by atoms with Crippen LogP contribution in [0, 0.1) is 5.82 Å². The normalized spacial score (nSPS) is 11.6. The maximum absolute atomic E-state index is 12.9. The van der Waals surface area contributed by atoms with Gasteiger partial charge in [-0.15, -0.1) is 0 Å². The first-order valence-corrected chi connectivity index (χ1v) is 9.92. The first kappa shape index (κ1) is 22.0. The van der Waals surface area contributed by atoms with E-state index < -0.39 is 11.9 Å². The Hall–Kier alpha value is -3.68. The predicted molar refractivity (Wildman–Crippen MR) is 114 cm³/mol. The molecule has 31 heavy (non-hydrogen) atoms. The Labute approximate surface area is 180 Å². The van der Waals surface area contributed by atoms with E-state index in [1.807, 2.05) is 42.1 Å². The van der Waals surface area contributed by atoms with Crippen LogP contribution in [0.1, 0.15) is 40.6 Å². The minimum Gasteiger partial charge on any atom is -0.497 e. The van der Waals surface area contributed by atoms with Crippen molar-refractivity contribution in [1.29, 1.82) is 0 Å². The highest BCUT2D eigenvalue weighted by Gasteiger charge is 2.20. The van der Waals surface area contributed by atoms with Crippen molar-refractivity contribution in [2.45, 2.75) is 18.9 Å². The fraction of sp³-hybridized carbons (Fsp3) is 0.261. The zero-order chi connectivity index (χ0) is 22.2. The largest absolute Gasteiger partial charge is 0.497 e. The van der Waals surface area contributed by atoms with Gasteiger partial charge in [0.25, 0.3) is 5.91 Å². The fourth-order valence-corrected chi connectivity index (χ4v) is 3.14. The number of carbonyl (C=O) groups excluding carboxylic acids is 2. The number of hydrogen-bond acceptors (Lipinski definition) is 4. The van der Waals surface area contributed by atoms with E-state index in [1.54, 1.807) is 13.3 Å². The molecular weight excluding hydrogens is 399 g/mol. The molecule has 0 bridgehead atoms. The molecule has 1 unspecified atom stereocenters. The molecule has 162 valence electrons. The Balaban J connectivity index is 1.56. The highest BCUT2D eigenvalue weighted by Crippen LogP contribution is 2.23. The Kier molecular flexibility index (Phi) is 7.37. The van der Waals surface area contributed by atoms with Gasteiger partial charge in [0.15, 0.2) is 0 Å². The number of nitrogens with zero attached hydrogens (tertiary/aromatic N) is 2. The zero-order valence-electron chi connectivity index (χ0n) is 17.5. The summed E-state index contributed by atoms with van der Waals surface area (Å²) < 4.78 is 20.0. The Morgan fingerprint density at radius 3 is 2.45 bits per heavy atom. The number of methoxy groups -OCH3 is 1. The van der Waals surface area contributed by atoms with Gasteiger partial charge in [-0.1, -0.05) is 12.1 Å². The van der Waals surface area contributed by atoms with E-state index in [9.17, 15) is 14.0 Å². The van der Waals surface area contributed by atoms with E-state index in [2.05, 4.69) is 15.6 Å². The average Bonchev–Trinajstić information content (AvgIpc) is 3.21. The summed E-state index contributed by atoms with van der Waals surface area (Å²) in [6.07, 6.45) is 4.21. The minimum absolute atomic E-state index is 0.153. The van der Waals surface area contributed by atoms with Gasteiger partial charge in [0.2, 0.25) is 5.91 Å². The summed E-state index contributed by atoms with van der Waals surface area (Å²) in [5, 5.41) is 5.76. The first-order chi connectivity index (χ1) is 15.0. The van der Waals surface area contributed by atoms with Crippen molar-refractivity contribution in [3.8, 4) is 5.75 Å². The predicted octanol–water partition coefficient (Wildman–Crippen LogP) is 2.98. The molecule has 2 aromatic carbocycles. The van der Waals surface area contributed by atoms with E-state index in [0.717, 1.165) is 11.3 Å². The van der Waals surface area contributed by atoms with E-state index in [0.29, 0.717) is 24.4 Å². The van der Waals surface area contributed by atoms with Gasteiger partial charge in [-0.2, -0.15) is 0 Å². The molecule has 1 atom stereocenters. The van der Waals surface area contributed by atoms with Crippen LogP contribution in [-0.4, -0.2) is 35.0 Å². The second-order valence-corrected chi connectivity index (χ2v) is 7.04. The van der Waals surface area contributed by atoms with E-state index in [4.69, 9.17) is 4.74 Å². The summed E-state index contributed by atoms with van der Waals surface area (Å²) in [7, 11) is 3.47. The molecule has 3 aromatic rings. The van der Waals surface area contributed by atoms with Crippen molar-refractivity contribution in [2.75, 3.05) is 13.7 Å². The van der Waals surface area contributed by atoms with Gasteiger partial charge in [-0.25, -0.2) is 9.37 Å². The lowest BCUT2D eigenvalue weighted by Gasteiger charge is -2.19. The van der Waals surface area contributed by atoms with Crippen LogP contribution >= 0.6 is 0 Å². The topological polar surface area (TPSA) is 85.2 Å². The summed E-state index contributed by atoms with van der Waals surface area (Å²) in [6.45, 7) is 0.333. The summed E-state index contributed by atoms with van der Waals surface area (Å²) in [5.41, 5.74) is 1.26. The van der Waals surface area contributed by atoms with Crippen molar-refractivity contribution < 1.29 is 18.7 Å². The number of ether oxygens (including phenoxy) is 1. The van der Waals surface area contributed by atoms with Crippen LogP contribution in [0.15, 0.2) is 60.9 Å². The number of amides is 2. The van der Waals surface area contributed by atoms with Gasteiger partial charge < -0.3 is 19.9 Å². The lowest BCUT2D eigenvalue weighted by molar-refractivity contribution is -0.121. The minimum atomic E-state index is -0.410. The smallest absolute Gasteiger partial charge is 0.251 e. The van der Waals surface area contributed by atoms with Gasteiger partial charge in [0.05, 0.1) is 7.11 Å². The molecule has 0 saturated heterocycles. The molecule has 0 aliphatic rings. The molecule has 8 heteroatoms. The number of benzene rings is 2. The van der Waals surface area contributed by atoms with Gasteiger partial charge in [-0.3, -0.25) is 9.59 Å². The van der Waals surface area contributed by atoms with Crippen LogP contribution in [0.4, 0.5) is 4.39 Å². The molecule has 7 nitrogen and oxygen atoms in total.